The van der Waals surface area contributed by atoms with Crippen molar-refractivity contribution in [3.63, 3.8) is 0 Å². The molecule has 1 saturated heterocycles. The van der Waals surface area contributed by atoms with Crippen LogP contribution < -0.4 is 10.3 Å². The third-order valence-electron chi connectivity index (χ3n) is 8.06. The van der Waals surface area contributed by atoms with E-state index in [-0.39, 0.29) is 41.1 Å². The monoisotopic (exact) mass is 597 g/mol. The summed E-state index contributed by atoms with van der Waals surface area (Å²) in [6, 6.07) is 7.09. The van der Waals surface area contributed by atoms with Crippen LogP contribution in [-0.2, 0) is 26.1 Å². The fourth-order valence-electron chi connectivity index (χ4n) is 5.69. The predicted octanol–water partition coefficient (Wildman–Crippen LogP) is 4.69. The van der Waals surface area contributed by atoms with E-state index in [2.05, 4.69) is 4.98 Å². The van der Waals surface area contributed by atoms with Crippen LogP contribution >= 0.6 is 0 Å². The Bertz CT molecular complexity index is 1660. The summed E-state index contributed by atoms with van der Waals surface area (Å²) in [6.45, 7) is 5.21. The number of amides is 1. The van der Waals surface area contributed by atoms with Crippen molar-refractivity contribution in [2.45, 2.75) is 45.1 Å². The zero-order chi connectivity index (χ0) is 31.1. The first-order valence-corrected chi connectivity index (χ1v) is 14.1. The lowest BCUT2D eigenvalue weighted by atomic mass is 9.86. The molecule has 1 amide bonds. The number of aryl methyl sites for hydroxylation is 1. The number of aromatic nitrogens is 2. The van der Waals surface area contributed by atoms with E-state index >= 15 is 0 Å². The van der Waals surface area contributed by atoms with Crippen molar-refractivity contribution in [2.24, 2.45) is 7.05 Å². The van der Waals surface area contributed by atoms with Gasteiger partial charge >= 0.3 is 6.18 Å². The molecule has 3 aromatic rings. The van der Waals surface area contributed by atoms with E-state index in [1.807, 2.05) is 11.0 Å². The van der Waals surface area contributed by atoms with Gasteiger partial charge in [0, 0.05) is 68.9 Å². The molecule has 0 radical (unpaired) electrons. The Hall–Kier alpha value is -4.24. The summed E-state index contributed by atoms with van der Waals surface area (Å²) in [5.41, 5.74) is 0.366. The molecule has 1 fully saturated rings. The molecule has 8 nitrogen and oxygen atoms in total. The average Bonchev–Trinajstić information content (AvgIpc) is 2.95. The van der Waals surface area contributed by atoms with Crippen molar-refractivity contribution in [1.82, 2.24) is 19.4 Å². The first kappa shape index (κ1) is 30.2. The topological polar surface area (TPSA) is 91.5 Å². The number of hydrogen-bond donors (Lipinski definition) is 0. The zero-order valence-electron chi connectivity index (χ0n) is 24.0. The highest BCUT2D eigenvalue weighted by Crippen LogP contribution is 2.41. The van der Waals surface area contributed by atoms with Crippen molar-refractivity contribution < 1.29 is 27.1 Å². The Balaban J connectivity index is 1.58. The summed E-state index contributed by atoms with van der Waals surface area (Å²) in [5, 5.41) is 9.39. The highest BCUT2D eigenvalue weighted by Gasteiger charge is 2.37. The second-order valence-electron chi connectivity index (χ2n) is 10.9. The number of likely N-dealkylation sites (tertiary alicyclic amines) is 1. The summed E-state index contributed by atoms with van der Waals surface area (Å²) in [4.78, 5) is 34.1. The zero-order valence-corrected chi connectivity index (χ0v) is 24.0. The van der Waals surface area contributed by atoms with Gasteiger partial charge in [-0.2, -0.15) is 18.4 Å². The molecule has 0 unspecified atom stereocenters. The second kappa shape index (κ2) is 11.8. The molecule has 1 aromatic carbocycles. The molecule has 0 aliphatic carbocycles. The van der Waals surface area contributed by atoms with Crippen molar-refractivity contribution in [2.75, 3.05) is 32.8 Å². The van der Waals surface area contributed by atoms with Gasteiger partial charge in [0.2, 0.25) is 0 Å². The van der Waals surface area contributed by atoms with Crippen LogP contribution in [0.4, 0.5) is 17.6 Å². The fourth-order valence-corrected chi connectivity index (χ4v) is 5.69. The van der Waals surface area contributed by atoms with Crippen molar-refractivity contribution in [3.8, 4) is 22.9 Å². The van der Waals surface area contributed by atoms with E-state index in [0.29, 0.717) is 61.3 Å². The first-order valence-electron chi connectivity index (χ1n) is 14.1. The first-order chi connectivity index (χ1) is 20.4. The second-order valence-corrected chi connectivity index (χ2v) is 10.9. The Labute approximate surface area is 246 Å². The number of nitrogens with zero attached hydrogens (tertiary/aromatic N) is 5. The maximum Gasteiger partial charge on any atom is 0.417 e. The number of benzene rings is 1. The minimum absolute atomic E-state index is 0.176. The average molecular weight is 598 g/mol. The van der Waals surface area contributed by atoms with Gasteiger partial charge in [-0.1, -0.05) is 6.07 Å². The number of hydrogen-bond acceptors (Lipinski definition) is 6. The molecule has 4 heterocycles. The van der Waals surface area contributed by atoms with Crippen LogP contribution in [0.25, 0.3) is 11.1 Å². The molecule has 0 spiro atoms. The fraction of sp³-hybridized carbons (Fsp3) is 0.419. The van der Waals surface area contributed by atoms with Gasteiger partial charge in [-0.15, -0.1) is 0 Å². The molecule has 0 bridgehead atoms. The largest absolute Gasteiger partial charge is 0.492 e. The lowest BCUT2D eigenvalue weighted by Crippen LogP contribution is -2.48. The van der Waals surface area contributed by atoms with Gasteiger partial charge in [-0.3, -0.25) is 19.5 Å². The number of carbonyl (C=O) groups is 1. The Morgan fingerprint density at radius 1 is 1.14 bits per heavy atom. The highest BCUT2D eigenvalue weighted by atomic mass is 19.4. The van der Waals surface area contributed by atoms with E-state index in [1.54, 1.807) is 36.9 Å². The number of carbonyl (C=O) groups excluding carboxylic acids is 1. The summed E-state index contributed by atoms with van der Waals surface area (Å²) < 4.78 is 62.7. The SMILES string of the molecule is CCOc1cc([C@H](C)N2CCc3c(cc(CCN4CC(F)C4)cc3-c3cn(C)c(=O)cc3C(F)(F)F)C2=O)ncc1C#N. The van der Waals surface area contributed by atoms with E-state index in [0.717, 1.165) is 4.57 Å². The number of ether oxygens (including phenoxy) is 1. The summed E-state index contributed by atoms with van der Waals surface area (Å²) in [7, 11) is 1.38. The minimum atomic E-state index is -4.79. The van der Waals surface area contributed by atoms with Crippen LogP contribution in [0.3, 0.4) is 0 Å². The lowest BCUT2D eigenvalue weighted by Gasteiger charge is -2.36. The number of rotatable bonds is 8. The number of pyridine rings is 2. The van der Waals surface area contributed by atoms with Gasteiger partial charge < -0.3 is 14.2 Å². The smallest absolute Gasteiger partial charge is 0.417 e. The van der Waals surface area contributed by atoms with Crippen LogP contribution in [0.1, 0.15) is 58.2 Å². The van der Waals surface area contributed by atoms with Gasteiger partial charge in [0.25, 0.3) is 11.5 Å². The molecule has 2 aliphatic rings. The Kier molecular flexibility index (Phi) is 8.29. The van der Waals surface area contributed by atoms with Crippen LogP contribution in [0.2, 0.25) is 0 Å². The number of nitriles is 1. The predicted molar refractivity (Wildman–Crippen MR) is 150 cm³/mol. The van der Waals surface area contributed by atoms with Crippen molar-refractivity contribution >= 4 is 5.91 Å². The van der Waals surface area contributed by atoms with Crippen molar-refractivity contribution in [1.29, 1.82) is 5.26 Å². The van der Waals surface area contributed by atoms with E-state index in [1.165, 1.54) is 19.4 Å². The van der Waals surface area contributed by atoms with Gasteiger partial charge in [0.05, 0.1) is 23.9 Å². The Morgan fingerprint density at radius 3 is 2.51 bits per heavy atom. The maximum atomic E-state index is 14.2. The number of alkyl halides is 4. The number of fused-ring (bicyclic) bond motifs is 1. The summed E-state index contributed by atoms with van der Waals surface area (Å²) >= 11 is 0. The Morgan fingerprint density at radius 2 is 1.86 bits per heavy atom. The molecule has 226 valence electrons. The summed E-state index contributed by atoms with van der Waals surface area (Å²) in [5.74, 6) is -0.0146. The maximum absolute atomic E-state index is 14.2. The lowest BCUT2D eigenvalue weighted by molar-refractivity contribution is -0.137. The molecule has 2 aliphatic heterocycles. The quantitative estimate of drug-likeness (QED) is 0.350. The van der Waals surface area contributed by atoms with E-state index < -0.39 is 29.5 Å². The molecular formula is C31H31F4N5O3. The van der Waals surface area contributed by atoms with Crippen LogP contribution in [0.5, 0.6) is 5.75 Å². The molecule has 5 rings (SSSR count). The number of halogens is 4. The summed E-state index contributed by atoms with van der Waals surface area (Å²) in [6.07, 6.45) is -2.45. The molecular weight excluding hydrogens is 566 g/mol. The van der Waals surface area contributed by atoms with Crippen LogP contribution in [0.15, 0.2) is 41.5 Å². The van der Waals surface area contributed by atoms with E-state index in [9.17, 15) is 32.4 Å². The van der Waals surface area contributed by atoms with E-state index in [4.69, 9.17) is 4.74 Å². The minimum Gasteiger partial charge on any atom is -0.492 e. The van der Waals surface area contributed by atoms with Crippen molar-refractivity contribution in [3.05, 3.63) is 80.5 Å². The van der Waals surface area contributed by atoms with Gasteiger partial charge in [0.15, 0.2) is 0 Å². The molecule has 2 aromatic heterocycles. The normalized spacial score (nSPS) is 16.4. The van der Waals surface area contributed by atoms with Gasteiger partial charge in [-0.05, 0) is 49.4 Å². The third-order valence-corrected chi connectivity index (χ3v) is 8.06. The molecule has 0 saturated carbocycles. The van der Waals surface area contributed by atoms with Crippen LogP contribution in [-0.4, -0.2) is 64.2 Å². The van der Waals surface area contributed by atoms with Gasteiger partial charge in [0.1, 0.15) is 23.6 Å². The molecule has 12 heteroatoms. The van der Waals surface area contributed by atoms with Crippen LogP contribution in [0, 0.1) is 11.3 Å². The van der Waals surface area contributed by atoms with Gasteiger partial charge in [-0.25, -0.2) is 4.39 Å². The standard InChI is InChI=1S/C31H31F4N5O3/c1-4-43-28-12-27(37-14-20(28)13-36)18(2)40-8-6-22-23(25-17-38(3)29(41)11-26(25)31(33,34)35)9-19(10-24(22)30(40)42)5-7-39-15-21(32)16-39/h9-12,14,17-18,21H,4-8,15-16H2,1-3H3/t18-/m0/s1. The highest BCUT2D eigenvalue weighted by molar-refractivity contribution is 5.99. The molecule has 1 atom stereocenters. The third kappa shape index (κ3) is 5.99. The molecule has 0 N–H and O–H groups in total. The molecule has 43 heavy (non-hydrogen) atoms.